The normalized spacial score (nSPS) is 27.2. The molecule has 0 heterocycles. The number of anilines is 1. The van der Waals surface area contributed by atoms with Gasteiger partial charge in [0.2, 0.25) is 5.91 Å². The molecular weight excluding hydrogens is 416 g/mol. The molecule has 2 aromatic carbocycles. The van der Waals surface area contributed by atoms with Crippen molar-refractivity contribution >= 4 is 17.5 Å². The molecule has 6 heteroatoms. The average Bonchev–Trinajstić information content (AvgIpc) is 2.81. The molecule has 0 atom stereocenters. The number of hydrogen-bond donors (Lipinski definition) is 2. The second kappa shape index (κ2) is 8.73. The van der Waals surface area contributed by atoms with Gasteiger partial charge < -0.3 is 20.1 Å². The lowest BCUT2D eigenvalue weighted by atomic mass is 9.49. The van der Waals surface area contributed by atoms with Crippen LogP contribution in [0.4, 0.5) is 5.69 Å². The molecule has 174 valence electrons. The van der Waals surface area contributed by atoms with Gasteiger partial charge in [-0.05, 0) is 86.1 Å². The fourth-order valence-electron chi connectivity index (χ4n) is 6.65. The van der Waals surface area contributed by atoms with E-state index in [0.717, 1.165) is 42.6 Å². The van der Waals surface area contributed by atoms with Crippen LogP contribution < -0.4 is 20.1 Å². The first-order valence-electron chi connectivity index (χ1n) is 11.9. The molecule has 4 aliphatic rings. The minimum Gasteiger partial charge on any atom is -0.493 e. The van der Waals surface area contributed by atoms with Gasteiger partial charge in [0.15, 0.2) is 11.5 Å². The Morgan fingerprint density at radius 3 is 2.06 bits per heavy atom. The van der Waals surface area contributed by atoms with E-state index < -0.39 is 0 Å². The van der Waals surface area contributed by atoms with Crippen molar-refractivity contribution in [1.82, 2.24) is 5.32 Å². The number of carbonyl (C=O) groups is 2. The SMILES string of the molecule is COc1ccc(NC(=O)c2ccc(CNC(=O)C34CC5CC(CC(C5)C3)C4)cc2)cc1OC. The number of hydrogen-bond acceptors (Lipinski definition) is 4. The van der Waals surface area contributed by atoms with Crippen molar-refractivity contribution in [2.75, 3.05) is 19.5 Å². The van der Waals surface area contributed by atoms with E-state index in [4.69, 9.17) is 9.47 Å². The van der Waals surface area contributed by atoms with Crippen molar-refractivity contribution in [1.29, 1.82) is 0 Å². The van der Waals surface area contributed by atoms with E-state index >= 15 is 0 Å². The summed E-state index contributed by atoms with van der Waals surface area (Å²) in [6, 6.07) is 12.7. The number of rotatable bonds is 7. The summed E-state index contributed by atoms with van der Waals surface area (Å²) in [5.74, 6) is 3.46. The fraction of sp³-hybridized carbons (Fsp3) is 0.481. The Bertz CT molecular complexity index is 1010. The molecular formula is C27H32N2O4. The first-order chi connectivity index (χ1) is 16.0. The third-order valence-electron chi connectivity index (χ3n) is 7.83. The molecule has 33 heavy (non-hydrogen) atoms. The maximum atomic E-state index is 13.2. The largest absolute Gasteiger partial charge is 0.493 e. The van der Waals surface area contributed by atoms with Crippen molar-refractivity contribution in [2.45, 2.75) is 45.1 Å². The van der Waals surface area contributed by atoms with Gasteiger partial charge in [-0.3, -0.25) is 9.59 Å². The zero-order chi connectivity index (χ0) is 23.0. The second-order valence-electron chi connectivity index (χ2n) is 10.1. The third kappa shape index (κ3) is 4.31. The Morgan fingerprint density at radius 2 is 1.48 bits per heavy atom. The highest BCUT2D eigenvalue weighted by molar-refractivity contribution is 6.04. The summed E-state index contributed by atoms with van der Waals surface area (Å²) >= 11 is 0. The number of ether oxygens (including phenoxy) is 2. The molecule has 0 aliphatic heterocycles. The summed E-state index contributed by atoms with van der Waals surface area (Å²) in [5, 5.41) is 6.09. The van der Waals surface area contributed by atoms with E-state index in [1.54, 1.807) is 44.6 Å². The lowest BCUT2D eigenvalue weighted by Crippen LogP contribution is -2.53. The van der Waals surface area contributed by atoms with Crippen molar-refractivity contribution in [3.05, 3.63) is 53.6 Å². The summed E-state index contributed by atoms with van der Waals surface area (Å²) in [6.07, 6.45) is 7.21. The summed E-state index contributed by atoms with van der Waals surface area (Å²) in [7, 11) is 3.13. The smallest absolute Gasteiger partial charge is 0.255 e. The Kier molecular flexibility index (Phi) is 5.77. The van der Waals surface area contributed by atoms with Gasteiger partial charge in [0.05, 0.1) is 14.2 Å². The Hall–Kier alpha value is -3.02. The molecule has 4 fully saturated rings. The highest BCUT2D eigenvalue weighted by atomic mass is 16.5. The highest BCUT2D eigenvalue weighted by Gasteiger charge is 2.54. The van der Waals surface area contributed by atoms with E-state index in [1.165, 1.54) is 19.3 Å². The van der Waals surface area contributed by atoms with Crippen LogP contribution in [-0.2, 0) is 11.3 Å². The minimum atomic E-state index is -0.202. The van der Waals surface area contributed by atoms with Gasteiger partial charge in [0, 0.05) is 29.3 Å². The van der Waals surface area contributed by atoms with Crippen molar-refractivity contribution in [3.63, 3.8) is 0 Å². The molecule has 2 N–H and O–H groups in total. The summed E-state index contributed by atoms with van der Waals surface area (Å²) in [5.41, 5.74) is 2.05. The molecule has 4 aliphatic carbocycles. The lowest BCUT2D eigenvalue weighted by Gasteiger charge is -2.55. The van der Waals surface area contributed by atoms with Gasteiger partial charge >= 0.3 is 0 Å². The van der Waals surface area contributed by atoms with Gasteiger partial charge in [-0.15, -0.1) is 0 Å². The molecule has 0 spiro atoms. The maximum Gasteiger partial charge on any atom is 0.255 e. The number of methoxy groups -OCH3 is 2. The number of carbonyl (C=O) groups excluding carboxylic acids is 2. The Balaban J connectivity index is 1.18. The van der Waals surface area contributed by atoms with Crippen LogP contribution in [0.5, 0.6) is 11.5 Å². The standard InChI is InChI=1S/C27H32N2O4/c1-32-23-8-7-22(12-24(23)33-2)29-25(30)21-5-3-17(4-6-21)16-28-26(31)27-13-18-9-19(14-27)11-20(10-18)15-27/h3-8,12,18-20H,9-11,13-16H2,1-2H3,(H,28,31)(H,29,30). The van der Waals surface area contributed by atoms with Crippen LogP contribution >= 0.6 is 0 Å². The molecule has 4 bridgehead atoms. The molecule has 0 unspecified atom stereocenters. The van der Waals surface area contributed by atoms with E-state index in [0.29, 0.717) is 29.3 Å². The maximum absolute atomic E-state index is 13.2. The topological polar surface area (TPSA) is 76.7 Å². The van der Waals surface area contributed by atoms with Gasteiger partial charge in [-0.1, -0.05) is 12.1 Å². The van der Waals surface area contributed by atoms with E-state index in [2.05, 4.69) is 10.6 Å². The first-order valence-corrected chi connectivity index (χ1v) is 11.9. The lowest BCUT2D eigenvalue weighted by molar-refractivity contribution is -0.146. The summed E-state index contributed by atoms with van der Waals surface area (Å²) < 4.78 is 10.5. The number of amides is 2. The highest BCUT2D eigenvalue weighted by Crippen LogP contribution is 2.60. The molecule has 6 nitrogen and oxygen atoms in total. The van der Waals surface area contributed by atoms with E-state index in [-0.39, 0.29) is 17.2 Å². The van der Waals surface area contributed by atoms with Gasteiger partial charge in [-0.2, -0.15) is 0 Å². The zero-order valence-corrected chi connectivity index (χ0v) is 19.4. The summed E-state index contributed by atoms with van der Waals surface area (Å²) in [6.45, 7) is 0.498. The van der Waals surface area contributed by atoms with Crippen LogP contribution in [0, 0.1) is 23.2 Å². The van der Waals surface area contributed by atoms with Crippen LogP contribution in [-0.4, -0.2) is 26.0 Å². The summed E-state index contributed by atoms with van der Waals surface area (Å²) in [4.78, 5) is 25.8. The predicted molar refractivity (Wildman–Crippen MR) is 126 cm³/mol. The van der Waals surface area contributed by atoms with Crippen molar-refractivity contribution in [3.8, 4) is 11.5 Å². The predicted octanol–water partition coefficient (Wildman–Crippen LogP) is 4.79. The molecule has 0 saturated heterocycles. The monoisotopic (exact) mass is 448 g/mol. The Morgan fingerprint density at radius 1 is 0.879 bits per heavy atom. The third-order valence-corrected chi connectivity index (χ3v) is 7.83. The van der Waals surface area contributed by atoms with Crippen molar-refractivity contribution in [2.24, 2.45) is 23.2 Å². The van der Waals surface area contributed by atoms with Crippen LogP contribution in [0.25, 0.3) is 0 Å². The first kappa shape index (κ1) is 21.8. The molecule has 0 radical (unpaired) electrons. The number of nitrogens with one attached hydrogen (secondary N) is 2. The molecule has 0 aromatic heterocycles. The molecule has 2 aromatic rings. The molecule has 4 saturated carbocycles. The van der Waals surface area contributed by atoms with Gasteiger partial charge in [0.1, 0.15) is 0 Å². The quantitative estimate of drug-likeness (QED) is 0.639. The van der Waals surface area contributed by atoms with Crippen LogP contribution in [0.1, 0.15) is 54.4 Å². The van der Waals surface area contributed by atoms with Gasteiger partial charge in [0.25, 0.3) is 5.91 Å². The Labute approximate surface area is 195 Å². The van der Waals surface area contributed by atoms with Crippen molar-refractivity contribution < 1.29 is 19.1 Å². The second-order valence-corrected chi connectivity index (χ2v) is 10.1. The molecule has 6 rings (SSSR count). The molecule has 2 amide bonds. The minimum absolute atomic E-state index is 0.131. The van der Waals surface area contributed by atoms with E-state index in [1.807, 2.05) is 12.1 Å². The van der Waals surface area contributed by atoms with Crippen LogP contribution in [0.3, 0.4) is 0 Å². The average molecular weight is 449 g/mol. The van der Waals surface area contributed by atoms with E-state index in [9.17, 15) is 9.59 Å². The van der Waals surface area contributed by atoms with Crippen LogP contribution in [0.2, 0.25) is 0 Å². The fourth-order valence-corrected chi connectivity index (χ4v) is 6.65. The van der Waals surface area contributed by atoms with Crippen LogP contribution in [0.15, 0.2) is 42.5 Å². The zero-order valence-electron chi connectivity index (χ0n) is 19.4. The van der Waals surface area contributed by atoms with Gasteiger partial charge in [-0.25, -0.2) is 0 Å². The number of benzene rings is 2.